The van der Waals surface area contributed by atoms with Crippen LogP contribution in [-0.4, -0.2) is 47.3 Å². The lowest BCUT2D eigenvalue weighted by Gasteiger charge is -2.37. The third-order valence-electron chi connectivity index (χ3n) is 3.51. The minimum absolute atomic E-state index is 0.112. The first-order chi connectivity index (χ1) is 10.0. The van der Waals surface area contributed by atoms with Crippen LogP contribution in [0.1, 0.15) is 25.0 Å². The Morgan fingerprint density at radius 3 is 2.90 bits per heavy atom. The smallest absolute Gasteiger partial charge is 0.119 e. The Balaban J connectivity index is 2.20. The first kappa shape index (κ1) is 16.2. The summed E-state index contributed by atoms with van der Waals surface area (Å²) in [6.45, 7) is 7.51. The van der Waals surface area contributed by atoms with Crippen molar-refractivity contribution < 1.29 is 9.84 Å². The first-order valence-corrected chi connectivity index (χ1v) is 8.15. The Morgan fingerprint density at radius 1 is 1.43 bits per heavy atom. The molecule has 0 aromatic heterocycles. The molecule has 2 rings (SSSR count). The van der Waals surface area contributed by atoms with E-state index in [0.717, 1.165) is 42.3 Å². The van der Waals surface area contributed by atoms with E-state index in [0.29, 0.717) is 4.75 Å². The van der Waals surface area contributed by atoms with Crippen LogP contribution in [0.5, 0.6) is 5.75 Å². The molecule has 21 heavy (non-hydrogen) atoms. The topological polar surface area (TPSA) is 32.7 Å². The number of aliphatic hydroxyl groups is 1. The van der Waals surface area contributed by atoms with Gasteiger partial charge in [-0.3, -0.25) is 4.90 Å². The van der Waals surface area contributed by atoms with E-state index in [4.69, 9.17) is 9.84 Å². The average molecular weight is 305 g/mol. The van der Waals surface area contributed by atoms with Crippen LogP contribution in [0.4, 0.5) is 0 Å². The van der Waals surface area contributed by atoms with E-state index in [2.05, 4.69) is 36.7 Å². The number of benzene rings is 1. The summed E-state index contributed by atoms with van der Waals surface area (Å²) < 4.78 is 5.62. The summed E-state index contributed by atoms with van der Waals surface area (Å²) in [6, 6.07) is 5.94. The molecule has 0 radical (unpaired) electrons. The predicted octanol–water partition coefficient (Wildman–Crippen LogP) is 2.37. The molecular weight excluding hydrogens is 282 g/mol. The Bertz CT molecular complexity index is 545. The van der Waals surface area contributed by atoms with Crippen molar-refractivity contribution in [1.82, 2.24) is 4.90 Å². The van der Waals surface area contributed by atoms with E-state index in [9.17, 15) is 0 Å². The van der Waals surface area contributed by atoms with Gasteiger partial charge < -0.3 is 9.84 Å². The van der Waals surface area contributed by atoms with Crippen LogP contribution < -0.4 is 4.74 Å². The van der Waals surface area contributed by atoms with Gasteiger partial charge in [0.2, 0.25) is 0 Å². The zero-order chi connectivity index (χ0) is 15.3. The third kappa shape index (κ3) is 4.67. The molecular formula is C17H23NO2S. The maximum absolute atomic E-state index is 8.90. The van der Waals surface area contributed by atoms with Gasteiger partial charge in [0, 0.05) is 35.7 Å². The molecule has 1 aliphatic rings. The molecule has 0 bridgehead atoms. The molecule has 0 atom stereocenters. The average Bonchev–Trinajstić information content (AvgIpc) is 2.45. The molecule has 0 aliphatic carbocycles. The van der Waals surface area contributed by atoms with E-state index in [1.54, 1.807) is 7.11 Å². The van der Waals surface area contributed by atoms with Gasteiger partial charge in [-0.25, -0.2) is 0 Å². The lowest BCUT2D eigenvalue weighted by atomic mass is 10.1. The van der Waals surface area contributed by atoms with E-state index < -0.39 is 0 Å². The number of hydrogen-bond acceptors (Lipinski definition) is 4. The summed E-state index contributed by atoms with van der Waals surface area (Å²) in [4.78, 5) is 2.47. The fourth-order valence-corrected chi connectivity index (χ4v) is 3.75. The van der Waals surface area contributed by atoms with Crippen LogP contribution >= 0.6 is 11.8 Å². The molecule has 0 spiro atoms. The van der Waals surface area contributed by atoms with Gasteiger partial charge in [-0.15, -0.1) is 0 Å². The van der Waals surface area contributed by atoms with Gasteiger partial charge in [0.15, 0.2) is 0 Å². The lowest BCUT2D eigenvalue weighted by molar-refractivity contribution is 0.252. The predicted molar refractivity (Wildman–Crippen MR) is 88.8 cm³/mol. The maximum Gasteiger partial charge on any atom is 0.119 e. The highest BCUT2D eigenvalue weighted by molar-refractivity contribution is 8.00. The molecule has 1 aromatic carbocycles. The number of nitrogens with zero attached hydrogens (tertiary/aromatic N) is 1. The molecule has 1 aliphatic heterocycles. The minimum Gasteiger partial charge on any atom is -0.497 e. The van der Waals surface area contributed by atoms with Gasteiger partial charge in [-0.05, 0) is 37.6 Å². The zero-order valence-corrected chi connectivity index (χ0v) is 13.8. The standard InChI is InChI=1S/C17H23NO2S/c1-17(2)13-18(8-10-21-17)12-15-11-16(20-3)7-6-14(15)5-4-9-19/h6-7,11,19H,8-10,12-13H2,1-3H3. The molecule has 1 fully saturated rings. The van der Waals surface area contributed by atoms with Crippen molar-refractivity contribution in [3.05, 3.63) is 29.3 Å². The number of thioether (sulfide) groups is 1. The van der Waals surface area contributed by atoms with Crippen LogP contribution in [0.3, 0.4) is 0 Å². The molecule has 1 heterocycles. The van der Waals surface area contributed by atoms with Gasteiger partial charge in [-0.2, -0.15) is 11.8 Å². The van der Waals surface area contributed by atoms with Gasteiger partial charge in [0.1, 0.15) is 12.4 Å². The normalized spacial score (nSPS) is 17.9. The molecule has 1 N–H and O–H groups in total. The number of rotatable bonds is 3. The summed E-state index contributed by atoms with van der Waals surface area (Å²) in [5, 5.41) is 8.90. The first-order valence-electron chi connectivity index (χ1n) is 7.17. The van der Waals surface area contributed by atoms with Gasteiger partial charge in [0.05, 0.1) is 7.11 Å². The second kappa shape index (κ2) is 7.22. The van der Waals surface area contributed by atoms with E-state index in [1.807, 2.05) is 23.9 Å². The molecule has 0 amide bonds. The van der Waals surface area contributed by atoms with Crippen LogP contribution in [0.25, 0.3) is 0 Å². The fourth-order valence-electron chi connectivity index (χ4n) is 2.57. The van der Waals surface area contributed by atoms with Crippen molar-refractivity contribution in [2.45, 2.75) is 25.1 Å². The number of aliphatic hydroxyl groups excluding tert-OH is 1. The van der Waals surface area contributed by atoms with Gasteiger partial charge in [0.25, 0.3) is 0 Å². The highest BCUT2D eigenvalue weighted by Crippen LogP contribution is 2.30. The van der Waals surface area contributed by atoms with Crippen molar-refractivity contribution in [3.8, 4) is 17.6 Å². The van der Waals surface area contributed by atoms with E-state index >= 15 is 0 Å². The summed E-state index contributed by atoms with van der Waals surface area (Å²) in [7, 11) is 1.68. The quantitative estimate of drug-likeness (QED) is 0.869. The van der Waals surface area contributed by atoms with Gasteiger partial charge in [-0.1, -0.05) is 11.8 Å². The van der Waals surface area contributed by atoms with E-state index in [1.165, 1.54) is 0 Å². The van der Waals surface area contributed by atoms with Gasteiger partial charge >= 0.3 is 0 Å². The maximum atomic E-state index is 8.90. The van der Waals surface area contributed by atoms with Crippen molar-refractivity contribution in [3.63, 3.8) is 0 Å². The van der Waals surface area contributed by atoms with Crippen LogP contribution in [0.15, 0.2) is 18.2 Å². The van der Waals surface area contributed by atoms with Crippen molar-refractivity contribution >= 4 is 11.8 Å². The zero-order valence-electron chi connectivity index (χ0n) is 13.0. The van der Waals surface area contributed by atoms with Crippen LogP contribution in [-0.2, 0) is 6.54 Å². The molecule has 4 heteroatoms. The lowest BCUT2D eigenvalue weighted by Crippen LogP contribution is -2.42. The van der Waals surface area contributed by atoms with Crippen molar-refractivity contribution in [2.24, 2.45) is 0 Å². The Labute approximate surface area is 131 Å². The van der Waals surface area contributed by atoms with Crippen molar-refractivity contribution in [1.29, 1.82) is 0 Å². The Kier molecular flexibility index (Phi) is 5.58. The van der Waals surface area contributed by atoms with Crippen LogP contribution in [0, 0.1) is 11.8 Å². The molecule has 1 aromatic rings. The fraction of sp³-hybridized carbons (Fsp3) is 0.529. The molecule has 1 saturated heterocycles. The molecule has 3 nitrogen and oxygen atoms in total. The molecule has 114 valence electrons. The summed E-state index contributed by atoms with van der Waals surface area (Å²) in [6.07, 6.45) is 0. The largest absolute Gasteiger partial charge is 0.497 e. The number of methoxy groups -OCH3 is 1. The Hall–Kier alpha value is -1.15. The summed E-state index contributed by atoms with van der Waals surface area (Å²) in [5.74, 6) is 7.79. The summed E-state index contributed by atoms with van der Waals surface area (Å²) >= 11 is 2.03. The third-order valence-corrected chi connectivity index (χ3v) is 4.81. The minimum atomic E-state index is -0.112. The Morgan fingerprint density at radius 2 is 2.24 bits per heavy atom. The highest BCUT2D eigenvalue weighted by Gasteiger charge is 2.27. The van der Waals surface area contributed by atoms with Crippen LogP contribution in [0.2, 0.25) is 0 Å². The van der Waals surface area contributed by atoms with Crippen molar-refractivity contribution in [2.75, 3.05) is 32.6 Å². The number of ether oxygens (including phenoxy) is 1. The second-order valence-corrected chi connectivity index (χ2v) is 7.60. The molecule has 0 saturated carbocycles. The number of hydrogen-bond donors (Lipinski definition) is 1. The summed E-state index contributed by atoms with van der Waals surface area (Å²) in [5.41, 5.74) is 2.14. The SMILES string of the molecule is COc1ccc(C#CCO)c(CN2CCSC(C)(C)C2)c1. The monoisotopic (exact) mass is 305 g/mol. The second-order valence-electron chi connectivity index (χ2n) is 5.80. The molecule has 0 unspecified atom stereocenters. The highest BCUT2D eigenvalue weighted by atomic mass is 32.2. The van der Waals surface area contributed by atoms with E-state index in [-0.39, 0.29) is 6.61 Å².